The normalized spacial score (nSPS) is 24.9. The largest absolute Gasteiger partial charge is 0.456 e. The molecule has 1 aromatic rings. The van der Waals surface area contributed by atoms with Gasteiger partial charge in [-0.3, -0.25) is 14.9 Å². The van der Waals surface area contributed by atoms with Gasteiger partial charge in [-0.1, -0.05) is 6.92 Å². The number of non-ortho nitro benzene ring substituents is 1. The number of nitro groups is 1. The highest BCUT2D eigenvalue weighted by atomic mass is 32.2. The van der Waals surface area contributed by atoms with Crippen molar-refractivity contribution in [2.24, 2.45) is 11.8 Å². The van der Waals surface area contributed by atoms with Gasteiger partial charge in [0.15, 0.2) is 0 Å². The lowest BCUT2D eigenvalue weighted by Gasteiger charge is -2.46. The maximum Gasteiger partial charge on any atom is 0.356 e. The molecule has 0 bridgehead atoms. The molecule has 2 aliphatic rings. The van der Waals surface area contributed by atoms with E-state index in [1.165, 1.54) is 40.9 Å². The van der Waals surface area contributed by atoms with Gasteiger partial charge in [0.2, 0.25) is 5.91 Å². The molecule has 5 atom stereocenters. The second kappa shape index (κ2) is 8.99. The molecule has 1 fully saturated rings. The number of ether oxygens (including phenoxy) is 1. The van der Waals surface area contributed by atoms with Crippen LogP contribution in [0.2, 0.25) is 0 Å². The number of aliphatic hydroxyl groups is 1. The van der Waals surface area contributed by atoms with Gasteiger partial charge in [0.25, 0.3) is 5.69 Å². The minimum absolute atomic E-state index is 0.0414. The van der Waals surface area contributed by atoms with Gasteiger partial charge in [-0.15, -0.1) is 11.8 Å². The Hall–Kier alpha value is -2.04. The van der Waals surface area contributed by atoms with Crippen molar-refractivity contribution in [2.75, 3.05) is 6.26 Å². The van der Waals surface area contributed by atoms with Crippen LogP contribution in [-0.4, -0.2) is 49.8 Å². The van der Waals surface area contributed by atoms with E-state index in [0.717, 1.165) is 4.91 Å². The summed E-state index contributed by atoms with van der Waals surface area (Å²) in [6.07, 6.45) is 1.18. The van der Waals surface area contributed by atoms with Crippen LogP contribution in [0.4, 0.5) is 5.69 Å². The molecule has 1 aromatic carbocycles. The third kappa shape index (κ3) is 4.08. The zero-order valence-electron chi connectivity index (χ0n) is 17.1. The molecule has 30 heavy (non-hydrogen) atoms. The lowest BCUT2D eigenvalue weighted by atomic mass is 9.79. The van der Waals surface area contributed by atoms with Crippen LogP contribution in [0, 0.1) is 22.0 Å². The number of carbonyl (C=O) groups excluding carboxylic acids is 2. The molecule has 0 aliphatic carbocycles. The number of esters is 1. The fraction of sp³-hybridized carbons (Fsp3) is 0.500. The Morgan fingerprint density at radius 3 is 2.50 bits per heavy atom. The maximum atomic E-state index is 13.0. The molecular formula is C20H24N2O6S2. The number of amides is 1. The molecule has 3 rings (SSSR count). The Bertz CT molecular complexity index is 886. The van der Waals surface area contributed by atoms with Gasteiger partial charge < -0.3 is 14.7 Å². The summed E-state index contributed by atoms with van der Waals surface area (Å²) in [5.74, 6) is -1.48. The molecule has 1 unspecified atom stereocenters. The molecule has 0 spiro atoms. The summed E-state index contributed by atoms with van der Waals surface area (Å²) in [5, 5.41) is 20.8. The summed E-state index contributed by atoms with van der Waals surface area (Å²) < 4.78 is 5.64. The Labute approximate surface area is 183 Å². The topological polar surface area (TPSA) is 110 Å². The molecule has 10 heteroatoms. The first-order valence-corrected chi connectivity index (χ1v) is 11.7. The monoisotopic (exact) mass is 452 g/mol. The van der Waals surface area contributed by atoms with Crippen LogP contribution in [0.3, 0.4) is 0 Å². The first-order valence-electron chi connectivity index (χ1n) is 9.52. The van der Waals surface area contributed by atoms with E-state index >= 15 is 0 Å². The predicted molar refractivity (Wildman–Crippen MR) is 115 cm³/mol. The van der Waals surface area contributed by atoms with Crippen molar-refractivity contribution in [1.82, 2.24) is 4.90 Å². The highest BCUT2D eigenvalue weighted by Crippen LogP contribution is 2.52. The average molecular weight is 453 g/mol. The number of β-lactam (4-membered cyclic amide) rings is 1. The molecule has 0 aromatic heterocycles. The lowest BCUT2D eigenvalue weighted by Crippen LogP contribution is -2.63. The Morgan fingerprint density at radius 2 is 1.97 bits per heavy atom. The van der Waals surface area contributed by atoms with Crippen molar-refractivity contribution in [3.63, 3.8) is 0 Å². The van der Waals surface area contributed by atoms with Crippen LogP contribution in [0.1, 0.15) is 26.3 Å². The number of nitro benzene ring substituents is 1. The van der Waals surface area contributed by atoms with Crippen LogP contribution in [-0.2, 0) is 20.9 Å². The highest BCUT2D eigenvalue weighted by Gasteiger charge is 2.60. The quantitative estimate of drug-likeness (QED) is 0.211. The van der Waals surface area contributed by atoms with Crippen molar-refractivity contribution in [3.05, 3.63) is 50.5 Å². The van der Waals surface area contributed by atoms with E-state index in [-0.39, 0.29) is 40.4 Å². The molecule has 1 amide bonds. The molecular weight excluding hydrogens is 428 g/mol. The van der Waals surface area contributed by atoms with E-state index in [1.54, 1.807) is 18.7 Å². The number of benzene rings is 1. The summed E-state index contributed by atoms with van der Waals surface area (Å²) in [6.45, 7) is 5.52. The number of fused-ring (bicyclic) bond motifs is 1. The van der Waals surface area contributed by atoms with Gasteiger partial charge in [0.1, 0.15) is 12.3 Å². The third-order valence-electron chi connectivity index (χ3n) is 5.44. The van der Waals surface area contributed by atoms with Crippen molar-refractivity contribution >= 4 is 41.1 Å². The first-order chi connectivity index (χ1) is 14.2. The molecule has 0 saturated carbocycles. The molecule has 2 heterocycles. The van der Waals surface area contributed by atoms with E-state index in [2.05, 4.69) is 0 Å². The molecule has 8 nitrogen and oxygen atoms in total. The van der Waals surface area contributed by atoms with Gasteiger partial charge in [-0.25, -0.2) is 4.79 Å². The number of nitrogens with zero attached hydrogens (tertiary/aromatic N) is 2. The predicted octanol–water partition coefficient (Wildman–Crippen LogP) is 3.15. The van der Waals surface area contributed by atoms with Crippen LogP contribution < -0.4 is 0 Å². The minimum atomic E-state index is -0.791. The number of thioether (sulfide) groups is 2. The summed E-state index contributed by atoms with van der Waals surface area (Å²) in [7, 11) is 0. The van der Waals surface area contributed by atoms with Crippen molar-refractivity contribution in [2.45, 2.75) is 44.1 Å². The first kappa shape index (κ1) is 22.6. The summed E-state index contributed by atoms with van der Waals surface area (Å²) in [6, 6.07) is 5.51. The minimum Gasteiger partial charge on any atom is -0.456 e. The van der Waals surface area contributed by atoms with Crippen molar-refractivity contribution in [3.8, 4) is 0 Å². The fourth-order valence-corrected chi connectivity index (χ4v) is 5.53. The van der Waals surface area contributed by atoms with Gasteiger partial charge in [0, 0.05) is 23.0 Å². The number of rotatable bonds is 8. The smallest absolute Gasteiger partial charge is 0.356 e. The van der Waals surface area contributed by atoms with E-state index < -0.39 is 22.9 Å². The van der Waals surface area contributed by atoms with E-state index in [1.807, 2.05) is 20.1 Å². The van der Waals surface area contributed by atoms with Gasteiger partial charge in [-0.05, 0) is 37.8 Å². The second-order valence-corrected chi connectivity index (χ2v) is 10.2. The number of aliphatic hydroxyl groups excluding tert-OH is 1. The maximum absolute atomic E-state index is 13.0. The molecule has 162 valence electrons. The van der Waals surface area contributed by atoms with Crippen LogP contribution in [0.15, 0.2) is 34.9 Å². The molecule has 0 radical (unpaired) electrons. The SMILES string of the molecule is CSC(C)SC1=C(C(=O)OCc2ccc([N+](=O)[O-])cc2)N2C(=O)[C@H]([C@@H](C)O)[C@H]2[C@H]1C. The number of hydrogen-bond acceptors (Lipinski definition) is 8. The lowest BCUT2D eigenvalue weighted by molar-refractivity contribution is -0.384. The van der Waals surface area contributed by atoms with Crippen LogP contribution >= 0.6 is 23.5 Å². The van der Waals surface area contributed by atoms with Crippen molar-refractivity contribution < 1.29 is 24.4 Å². The molecule has 1 saturated heterocycles. The van der Waals surface area contributed by atoms with Gasteiger partial charge >= 0.3 is 5.97 Å². The number of carbonyl (C=O) groups is 2. The zero-order valence-corrected chi connectivity index (χ0v) is 18.7. The summed E-state index contributed by atoms with van der Waals surface area (Å²) in [5.41, 5.74) is 0.822. The molecule has 1 N–H and O–H groups in total. The number of hydrogen-bond donors (Lipinski definition) is 1. The second-order valence-electron chi connectivity index (χ2n) is 7.39. The fourth-order valence-electron chi connectivity index (χ4n) is 3.83. The van der Waals surface area contributed by atoms with E-state index in [4.69, 9.17) is 4.74 Å². The zero-order chi connectivity index (χ0) is 22.2. The third-order valence-corrected chi connectivity index (χ3v) is 8.12. The summed E-state index contributed by atoms with van der Waals surface area (Å²) >= 11 is 3.17. The van der Waals surface area contributed by atoms with E-state index in [9.17, 15) is 24.8 Å². The highest BCUT2D eigenvalue weighted by molar-refractivity contribution is 8.18. The Kier molecular flexibility index (Phi) is 6.78. The average Bonchev–Trinajstić information content (AvgIpc) is 2.94. The van der Waals surface area contributed by atoms with Crippen molar-refractivity contribution in [1.29, 1.82) is 0 Å². The van der Waals surface area contributed by atoms with Gasteiger partial charge in [0.05, 0.1) is 27.6 Å². The standard InChI is InChI=1S/C20H24N2O6S2/c1-10-16-15(11(2)23)19(24)21(16)17(18(10)30-12(3)29-4)20(25)28-9-13-5-7-14(8-6-13)22(26)27/h5-8,10-12,15-16,23H,9H2,1-4H3/t10-,11-,12?,15-,16-/m1/s1. The van der Waals surface area contributed by atoms with Gasteiger partial charge in [-0.2, -0.15) is 11.8 Å². The van der Waals surface area contributed by atoms with E-state index in [0.29, 0.717) is 5.56 Å². The molecule has 2 aliphatic heterocycles. The Morgan fingerprint density at radius 1 is 1.33 bits per heavy atom. The summed E-state index contributed by atoms with van der Waals surface area (Å²) in [4.78, 5) is 38.2. The van der Waals surface area contributed by atoms with Crippen LogP contribution in [0.25, 0.3) is 0 Å². The van der Waals surface area contributed by atoms with Crippen LogP contribution in [0.5, 0.6) is 0 Å². The Balaban J connectivity index is 1.81.